The van der Waals surface area contributed by atoms with E-state index in [1.165, 1.54) is 23.5 Å². The molecule has 134 valence electrons. The van der Waals surface area contributed by atoms with Crippen LogP contribution >= 0.6 is 34.7 Å². The van der Waals surface area contributed by atoms with Gasteiger partial charge in [-0.1, -0.05) is 35.9 Å². The molecule has 0 saturated carbocycles. The van der Waals surface area contributed by atoms with Gasteiger partial charge in [-0.3, -0.25) is 4.79 Å². The van der Waals surface area contributed by atoms with Crippen LogP contribution in [0.1, 0.15) is 16.8 Å². The second-order valence-electron chi connectivity index (χ2n) is 5.61. The van der Waals surface area contributed by atoms with Crippen LogP contribution in [0.5, 0.6) is 0 Å². The lowest BCUT2D eigenvalue weighted by atomic mass is 10.1. The number of halogens is 2. The Morgan fingerprint density at radius 1 is 1.08 bits per heavy atom. The molecular weight excluding hydrogens is 391 g/mol. The molecule has 0 fully saturated rings. The summed E-state index contributed by atoms with van der Waals surface area (Å²) in [4.78, 5) is 16.5. The van der Waals surface area contributed by atoms with E-state index < -0.39 is 0 Å². The summed E-state index contributed by atoms with van der Waals surface area (Å²) >= 11 is 8.95. The van der Waals surface area contributed by atoms with Crippen molar-refractivity contribution in [2.24, 2.45) is 0 Å². The van der Waals surface area contributed by atoms with Crippen LogP contribution in [0.3, 0.4) is 0 Å². The van der Waals surface area contributed by atoms with Gasteiger partial charge in [0.2, 0.25) is 5.91 Å². The van der Waals surface area contributed by atoms with Gasteiger partial charge >= 0.3 is 0 Å². The number of nitrogens with one attached hydrogen (secondary N) is 1. The summed E-state index contributed by atoms with van der Waals surface area (Å²) in [7, 11) is 0. The first-order valence-corrected chi connectivity index (χ1v) is 10.3. The van der Waals surface area contributed by atoms with E-state index in [1.54, 1.807) is 36.0 Å². The molecule has 0 aliphatic heterocycles. The Hall–Kier alpha value is -1.89. The summed E-state index contributed by atoms with van der Waals surface area (Å²) < 4.78 is 12.9. The van der Waals surface area contributed by atoms with Crippen molar-refractivity contribution < 1.29 is 9.18 Å². The van der Waals surface area contributed by atoms with Gasteiger partial charge in [-0.15, -0.1) is 11.3 Å². The Morgan fingerprint density at radius 3 is 2.50 bits per heavy atom. The number of aromatic nitrogens is 1. The first-order chi connectivity index (χ1) is 12.6. The van der Waals surface area contributed by atoms with E-state index in [0.29, 0.717) is 10.2 Å². The standard InChI is InChI=1S/C19H16ClFN2OS2/c20-15-5-1-13(2-6-15)9-18(24)23-19-22-17(12-26-19)11-25-10-14-3-7-16(21)8-4-14/h1-8,12H,9-11H2,(H,22,23,24). The van der Waals surface area contributed by atoms with Crippen molar-refractivity contribution in [2.45, 2.75) is 17.9 Å². The summed E-state index contributed by atoms with van der Waals surface area (Å²) in [5, 5.41) is 6.01. The molecule has 3 nitrogen and oxygen atoms in total. The molecule has 26 heavy (non-hydrogen) atoms. The number of benzene rings is 2. The van der Waals surface area contributed by atoms with Crippen molar-refractivity contribution in [3.8, 4) is 0 Å². The molecule has 0 bridgehead atoms. The minimum atomic E-state index is -0.225. The monoisotopic (exact) mass is 406 g/mol. The Balaban J connectivity index is 1.45. The van der Waals surface area contributed by atoms with E-state index in [-0.39, 0.29) is 18.1 Å². The quantitative estimate of drug-likeness (QED) is 0.559. The lowest BCUT2D eigenvalue weighted by molar-refractivity contribution is -0.115. The molecular formula is C19H16ClFN2OS2. The second-order valence-corrected chi connectivity index (χ2v) is 7.89. The highest BCUT2D eigenvalue weighted by Gasteiger charge is 2.08. The Morgan fingerprint density at radius 2 is 1.77 bits per heavy atom. The molecule has 3 aromatic rings. The summed E-state index contributed by atoms with van der Waals surface area (Å²) in [6.07, 6.45) is 0.283. The lowest BCUT2D eigenvalue weighted by Gasteiger charge is -2.02. The average Bonchev–Trinajstić information content (AvgIpc) is 3.06. The molecule has 1 aromatic heterocycles. The first kappa shape index (κ1) is 18.9. The van der Waals surface area contributed by atoms with E-state index in [2.05, 4.69) is 10.3 Å². The molecule has 0 saturated heterocycles. The molecule has 1 heterocycles. The zero-order valence-corrected chi connectivity index (χ0v) is 16.1. The predicted octanol–water partition coefficient (Wildman–Crippen LogP) is 5.55. The van der Waals surface area contributed by atoms with Crippen LogP contribution in [-0.4, -0.2) is 10.9 Å². The summed E-state index contributed by atoms with van der Waals surface area (Å²) in [5.74, 6) is 1.20. The molecule has 0 radical (unpaired) electrons. The van der Waals surface area contributed by atoms with Gasteiger partial charge in [0, 0.05) is 21.9 Å². The fourth-order valence-electron chi connectivity index (χ4n) is 2.24. The Bertz CT molecular complexity index is 866. The zero-order chi connectivity index (χ0) is 18.4. The van der Waals surface area contributed by atoms with Crippen molar-refractivity contribution in [3.63, 3.8) is 0 Å². The van der Waals surface area contributed by atoms with E-state index in [9.17, 15) is 9.18 Å². The molecule has 0 aliphatic rings. The molecule has 3 rings (SSSR count). The molecule has 2 aromatic carbocycles. The lowest BCUT2D eigenvalue weighted by Crippen LogP contribution is -2.14. The van der Waals surface area contributed by atoms with Crippen LogP contribution in [0.25, 0.3) is 0 Å². The van der Waals surface area contributed by atoms with Crippen LogP contribution in [-0.2, 0) is 22.7 Å². The van der Waals surface area contributed by atoms with E-state index in [0.717, 1.165) is 28.3 Å². The SMILES string of the molecule is O=C(Cc1ccc(Cl)cc1)Nc1nc(CSCc2ccc(F)cc2)cs1. The molecule has 1 amide bonds. The predicted molar refractivity (Wildman–Crippen MR) is 107 cm³/mol. The highest BCUT2D eigenvalue weighted by molar-refractivity contribution is 7.97. The topological polar surface area (TPSA) is 42.0 Å². The molecule has 1 N–H and O–H groups in total. The smallest absolute Gasteiger partial charge is 0.230 e. The van der Waals surface area contributed by atoms with Gasteiger partial charge in [0.1, 0.15) is 5.82 Å². The minimum Gasteiger partial charge on any atom is -0.302 e. The number of amides is 1. The Kier molecular flexibility index (Phi) is 6.66. The number of nitrogens with zero attached hydrogens (tertiary/aromatic N) is 1. The van der Waals surface area contributed by atoms with Gasteiger partial charge in [0.05, 0.1) is 12.1 Å². The average molecular weight is 407 g/mol. The maximum Gasteiger partial charge on any atom is 0.230 e. The van der Waals surface area contributed by atoms with Crippen molar-refractivity contribution in [3.05, 3.63) is 81.6 Å². The fourth-order valence-corrected chi connectivity index (χ4v) is 4.08. The number of rotatable bonds is 7. The van der Waals surface area contributed by atoms with Crippen molar-refractivity contribution in [2.75, 3.05) is 5.32 Å². The third kappa shape index (κ3) is 5.83. The number of thiazole rings is 1. The molecule has 0 spiro atoms. The number of hydrogen-bond donors (Lipinski definition) is 1. The van der Waals surface area contributed by atoms with E-state index in [4.69, 9.17) is 11.6 Å². The molecule has 0 aliphatic carbocycles. The van der Waals surface area contributed by atoms with Crippen molar-refractivity contribution in [1.29, 1.82) is 0 Å². The normalized spacial score (nSPS) is 10.7. The molecule has 7 heteroatoms. The first-order valence-electron chi connectivity index (χ1n) is 7.89. The molecule has 0 atom stereocenters. The van der Waals surface area contributed by atoms with E-state index >= 15 is 0 Å². The van der Waals surface area contributed by atoms with Gasteiger partial charge in [-0.25, -0.2) is 9.37 Å². The maximum atomic E-state index is 12.9. The van der Waals surface area contributed by atoms with Crippen molar-refractivity contribution >= 4 is 45.7 Å². The van der Waals surface area contributed by atoms with Gasteiger partial charge in [0.15, 0.2) is 5.13 Å². The fraction of sp³-hybridized carbons (Fsp3) is 0.158. The highest BCUT2D eigenvalue weighted by atomic mass is 35.5. The Labute approximate surface area is 164 Å². The van der Waals surface area contributed by atoms with Gasteiger partial charge in [-0.2, -0.15) is 11.8 Å². The summed E-state index contributed by atoms with van der Waals surface area (Å²) in [6, 6.07) is 13.7. The van der Waals surface area contributed by atoms with Gasteiger partial charge in [0.25, 0.3) is 0 Å². The number of anilines is 1. The second kappa shape index (κ2) is 9.16. The zero-order valence-electron chi connectivity index (χ0n) is 13.7. The van der Waals surface area contributed by atoms with Crippen LogP contribution in [0.2, 0.25) is 5.02 Å². The van der Waals surface area contributed by atoms with Crippen LogP contribution in [0.4, 0.5) is 9.52 Å². The third-order valence-electron chi connectivity index (χ3n) is 3.51. The highest BCUT2D eigenvalue weighted by Crippen LogP contribution is 2.22. The number of carbonyl (C=O) groups excluding carboxylic acids is 1. The van der Waals surface area contributed by atoms with Crippen LogP contribution < -0.4 is 5.32 Å². The summed E-state index contributed by atoms with van der Waals surface area (Å²) in [5.41, 5.74) is 2.89. The third-order valence-corrected chi connectivity index (χ3v) is 5.60. The molecule has 0 unspecified atom stereocenters. The number of hydrogen-bond acceptors (Lipinski definition) is 4. The maximum absolute atomic E-state index is 12.9. The van der Waals surface area contributed by atoms with Crippen LogP contribution in [0.15, 0.2) is 53.9 Å². The largest absolute Gasteiger partial charge is 0.302 e. The van der Waals surface area contributed by atoms with Gasteiger partial charge < -0.3 is 5.32 Å². The minimum absolute atomic E-state index is 0.104. The number of carbonyl (C=O) groups is 1. The number of thioether (sulfide) groups is 1. The summed E-state index contributed by atoms with van der Waals surface area (Å²) in [6.45, 7) is 0. The van der Waals surface area contributed by atoms with Gasteiger partial charge in [-0.05, 0) is 35.4 Å². The van der Waals surface area contributed by atoms with E-state index in [1.807, 2.05) is 17.5 Å². The van der Waals surface area contributed by atoms with Crippen LogP contribution in [0, 0.1) is 5.82 Å². The van der Waals surface area contributed by atoms with Crippen molar-refractivity contribution in [1.82, 2.24) is 4.98 Å².